The van der Waals surface area contributed by atoms with E-state index in [1.807, 2.05) is 60.7 Å². The third-order valence-corrected chi connectivity index (χ3v) is 2.60. The number of phenolic OH excluding ortho intramolecular Hbond substituents is 1. The van der Waals surface area contributed by atoms with Gasteiger partial charge in [0.1, 0.15) is 5.75 Å². The Morgan fingerprint density at radius 2 is 1.11 bits per heavy atom. The molecule has 1 heteroatoms. The van der Waals surface area contributed by atoms with E-state index < -0.39 is 0 Å². The van der Waals surface area contributed by atoms with Crippen molar-refractivity contribution in [3.63, 3.8) is 0 Å². The molecule has 94 valence electrons. The number of hydrogen-bond donors (Lipinski definition) is 1. The Morgan fingerprint density at radius 1 is 0.579 bits per heavy atom. The molecule has 0 spiro atoms. The van der Waals surface area contributed by atoms with Crippen molar-refractivity contribution in [1.29, 1.82) is 0 Å². The van der Waals surface area contributed by atoms with Gasteiger partial charge in [0, 0.05) is 0 Å². The summed E-state index contributed by atoms with van der Waals surface area (Å²) in [6, 6.07) is 17.3. The van der Waals surface area contributed by atoms with Gasteiger partial charge in [-0.2, -0.15) is 0 Å². The summed E-state index contributed by atoms with van der Waals surface area (Å²) in [6.07, 6.45) is 12.0. The molecule has 0 amide bonds. The lowest BCUT2D eigenvalue weighted by Crippen LogP contribution is -1.69. The van der Waals surface area contributed by atoms with Gasteiger partial charge in [0.2, 0.25) is 0 Å². The van der Waals surface area contributed by atoms with Crippen molar-refractivity contribution in [2.45, 2.75) is 0 Å². The van der Waals surface area contributed by atoms with Gasteiger partial charge in [0.25, 0.3) is 0 Å². The maximum atomic E-state index is 9.16. The SMILES string of the molecule is Oc1ccc(/C=C/C=C/C=C/c2ccccc2)cc1. The van der Waals surface area contributed by atoms with Crippen molar-refractivity contribution in [1.82, 2.24) is 0 Å². The minimum atomic E-state index is 0.290. The number of benzene rings is 2. The summed E-state index contributed by atoms with van der Waals surface area (Å²) < 4.78 is 0. The standard InChI is InChI=1S/C18H16O/c19-18-14-12-17(13-15-18)11-5-2-1-4-8-16-9-6-3-7-10-16/h1-15,19H/b2-1+,8-4+,11-5+. The van der Waals surface area contributed by atoms with E-state index >= 15 is 0 Å². The van der Waals surface area contributed by atoms with E-state index in [1.165, 1.54) is 5.56 Å². The Hall–Kier alpha value is -2.54. The molecule has 0 aliphatic carbocycles. The summed E-state index contributed by atoms with van der Waals surface area (Å²) in [5.74, 6) is 0.290. The zero-order valence-corrected chi connectivity index (χ0v) is 10.6. The maximum absolute atomic E-state index is 9.16. The highest BCUT2D eigenvalue weighted by atomic mass is 16.3. The second kappa shape index (κ2) is 7.02. The molecule has 0 unspecified atom stereocenters. The minimum absolute atomic E-state index is 0.290. The number of aromatic hydroxyl groups is 1. The van der Waals surface area contributed by atoms with Crippen LogP contribution in [0.1, 0.15) is 11.1 Å². The molecule has 0 fully saturated rings. The van der Waals surface area contributed by atoms with Crippen LogP contribution in [-0.2, 0) is 0 Å². The molecule has 2 aromatic carbocycles. The van der Waals surface area contributed by atoms with Crippen molar-refractivity contribution < 1.29 is 5.11 Å². The number of allylic oxidation sites excluding steroid dienone is 4. The topological polar surface area (TPSA) is 20.2 Å². The Kier molecular flexibility index (Phi) is 4.77. The van der Waals surface area contributed by atoms with Gasteiger partial charge in [-0.25, -0.2) is 0 Å². The van der Waals surface area contributed by atoms with Gasteiger partial charge in [0.15, 0.2) is 0 Å². The lowest BCUT2D eigenvalue weighted by Gasteiger charge is -1.92. The molecule has 1 nitrogen and oxygen atoms in total. The van der Waals surface area contributed by atoms with Crippen LogP contribution in [0.15, 0.2) is 78.9 Å². The van der Waals surface area contributed by atoms with E-state index in [2.05, 4.69) is 18.2 Å². The number of hydrogen-bond acceptors (Lipinski definition) is 1. The molecule has 1 N–H and O–H groups in total. The Bertz CT molecular complexity index is 575. The summed E-state index contributed by atoms with van der Waals surface area (Å²) in [5.41, 5.74) is 2.25. The predicted octanol–water partition coefficient (Wildman–Crippen LogP) is 4.68. The quantitative estimate of drug-likeness (QED) is 0.779. The zero-order valence-electron chi connectivity index (χ0n) is 10.6. The van der Waals surface area contributed by atoms with Gasteiger partial charge in [-0.05, 0) is 23.3 Å². The van der Waals surface area contributed by atoms with Crippen LogP contribution < -0.4 is 0 Å². The molecule has 0 radical (unpaired) electrons. The highest BCUT2D eigenvalue weighted by Gasteiger charge is 1.86. The molecular weight excluding hydrogens is 232 g/mol. The fourth-order valence-electron chi connectivity index (χ4n) is 1.61. The highest BCUT2D eigenvalue weighted by Crippen LogP contribution is 2.10. The molecule has 2 rings (SSSR count). The van der Waals surface area contributed by atoms with Crippen LogP contribution in [0.25, 0.3) is 12.2 Å². The summed E-state index contributed by atoms with van der Waals surface area (Å²) in [6.45, 7) is 0. The van der Waals surface area contributed by atoms with Gasteiger partial charge in [0.05, 0.1) is 0 Å². The van der Waals surface area contributed by atoms with E-state index in [4.69, 9.17) is 5.11 Å². The van der Waals surface area contributed by atoms with E-state index in [-0.39, 0.29) is 0 Å². The molecule has 0 aliphatic rings. The van der Waals surface area contributed by atoms with Gasteiger partial charge in [-0.3, -0.25) is 0 Å². The average Bonchev–Trinajstić information content (AvgIpc) is 2.46. The summed E-state index contributed by atoms with van der Waals surface area (Å²) >= 11 is 0. The van der Waals surface area contributed by atoms with Crippen LogP contribution in [0.2, 0.25) is 0 Å². The molecule has 0 atom stereocenters. The molecule has 0 bridgehead atoms. The first kappa shape index (κ1) is 12.9. The lowest BCUT2D eigenvalue weighted by molar-refractivity contribution is 0.475. The number of rotatable bonds is 4. The molecule has 2 aromatic rings. The van der Waals surface area contributed by atoms with Crippen LogP contribution in [0.4, 0.5) is 0 Å². The average molecular weight is 248 g/mol. The first-order chi connectivity index (χ1) is 9.34. The van der Waals surface area contributed by atoms with Crippen LogP contribution in [-0.4, -0.2) is 5.11 Å². The summed E-state index contributed by atoms with van der Waals surface area (Å²) in [5, 5.41) is 9.16. The van der Waals surface area contributed by atoms with Gasteiger partial charge < -0.3 is 5.11 Å². The van der Waals surface area contributed by atoms with Gasteiger partial charge in [-0.1, -0.05) is 78.9 Å². The van der Waals surface area contributed by atoms with Crippen LogP contribution in [0, 0.1) is 0 Å². The van der Waals surface area contributed by atoms with Crippen molar-refractivity contribution in [3.8, 4) is 5.75 Å². The minimum Gasteiger partial charge on any atom is -0.508 e. The maximum Gasteiger partial charge on any atom is 0.115 e. The smallest absolute Gasteiger partial charge is 0.115 e. The second-order valence-corrected chi connectivity index (χ2v) is 4.11. The lowest BCUT2D eigenvalue weighted by atomic mass is 10.2. The second-order valence-electron chi connectivity index (χ2n) is 4.11. The normalized spacial score (nSPS) is 11.8. The first-order valence-electron chi connectivity index (χ1n) is 6.20. The van der Waals surface area contributed by atoms with Crippen LogP contribution in [0.3, 0.4) is 0 Å². The molecule has 0 saturated heterocycles. The third kappa shape index (κ3) is 4.68. The van der Waals surface area contributed by atoms with E-state index in [1.54, 1.807) is 12.1 Å². The predicted molar refractivity (Wildman–Crippen MR) is 81.8 cm³/mol. The Balaban J connectivity index is 1.87. The summed E-state index contributed by atoms with van der Waals surface area (Å²) in [7, 11) is 0. The zero-order chi connectivity index (χ0) is 13.3. The van der Waals surface area contributed by atoms with Crippen molar-refractivity contribution >= 4 is 12.2 Å². The largest absolute Gasteiger partial charge is 0.508 e. The molecular formula is C18H16O. The van der Waals surface area contributed by atoms with E-state index in [9.17, 15) is 0 Å². The molecule has 0 saturated carbocycles. The van der Waals surface area contributed by atoms with E-state index in [0.29, 0.717) is 5.75 Å². The first-order valence-corrected chi connectivity index (χ1v) is 6.20. The van der Waals surface area contributed by atoms with Crippen molar-refractivity contribution in [2.24, 2.45) is 0 Å². The molecule has 0 aliphatic heterocycles. The highest BCUT2D eigenvalue weighted by molar-refractivity contribution is 5.53. The van der Waals surface area contributed by atoms with Crippen molar-refractivity contribution in [3.05, 3.63) is 90.0 Å². The molecule has 0 aromatic heterocycles. The Morgan fingerprint density at radius 3 is 1.68 bits per heavy atom. The molecule has 0 heterocycles. The fraction of sp³-hybridized carbons (Fsp3) is 0. The third-order valence-electron chi connectivity index (χ3n) is 2.60. The van der Waals surface area contributed by atoms with Gasteiger partial charge in [-0.15, -0.1) is 0 Å². The molecule has 19 heavy (non-hydrogen) atoms. The van der Waals surface area contributed by atoms with Crippen LogP contribution >= 0.6 is 0 Å². The fourth-order valence-corrected chi connectivity index (χ4v) is 1.61. The van der Waals surface area contributed by atoms with Gasteiger partial charge >= 0.3 is 0 Å². The van der Waals surface area contributed by atoms with E-state index in [0.717, 1.165) is 5.56 Å². The Labute approximate surface area is 113 Å². The van der Waals surface area contributed by atoms with Crippen LogP contribution in [0.5, 0.6) is 5.75 Å². The summed E-state index contributed by atoms with van der Waals surface area (Å²) in [4.78, 5) is 0. The number of phenols is 1. The monoisotopic (exact) mass is 248 g/mol. The van der Waals surface area contributed by atoms with Crippen molar-refractivity contribution in [2.75, 3.05) is 0 Å².